The monoisotopic (exact) mass is 296 g/mol. The van der Waals surface area contributed by atoms with E-state index in [9.17, 15) is 0 Å². The lowest BCUT2D eigenvalue weighted by atomic mass is 10.0. The van der Waals surface area contributed by atoms with Crippen LogP contribution in [0.25, 0.3) is 0 Å². The Balaban J connectivity index is 2.13. The lowest BCUT2D eigenvalue weighted by molar-refractivity contribution is 0.449. The summed E-state index contributed by atoms with van der Waals surface area (Å²) in [6, 6.07) is 0.622. The Morgan fingerprint density at radius 2 is 1.80 bits per heavy atom. The summed E-state index contributed by atoms with van der Waals surface area (Å²) in [5.74, 6) is 0. The first-order chi connectivity index (χ1) is 9.86. The smallest absolute Gasteiger partial charge is 0.0940 e. The first kappa shape index (κ1) is 17.6. The predicted octanol–water partition coefficient (Wildman–Crippen LogP) is 5.19. The average molecular weight is 297 g/mol. The number of hydrogen-bond acceptors (Lipinski definition) is 3. The number of nitrogens with zero attached hydrogens (tertiary/aromatic N) is 1. The maximum atomic E-state index is 4.42. The number of thiazole rings is 1. The van der Waals surface area contributed by atoms with Crippen LogP contribution in [0.15, 0.2) is 11.6 Å². The molecule has 0 aliphatic rings. The molecule has 0 aliphatic carbocycles. The maximum Gasteiger partial charge on any atom is 0.0940 e. The van der Waals surface area contributed by atoms with Gasteiger partial charge in [-0.15, -0.1) is 11.3 Å². The Morgan fingerprint density at radius 1 is 1.05 bits per heavy atom. The number of rotatable bonds is 13. The van der Waals surface area contributed by atoms with Gasteiger partial charge in [0.05, 0.1) is 5.01 Å². The second kappa shape index (κ2) is 12.3. The van der Waals surface area contributed by atoms with E-state index in [1.54, 1.807) is 11.3 Å². The van der Waals surface area contributed by atoms with E-state index in [-0.39, 0.29) is 0 Å². The molecule has 0 fully saturated rings. The minimum atomic E-state index is 0.622. The molecule has 1 unspecified atom stereocenters. The van der Waals surface area contributed by atoms with Gasteiger partial charge in [0.15, 0.2) is 0 Å². The third-order valence-electron chi connectivity index (χ3n) is 3.74. The molecule has 3 heteroatoms. The fourth-order valence-electron chi connectivity index (χ4n) is 2.54. The molecule has 116 valence electrons. The van der Waals surface area contributed by atoms with Gasteiger partial charge in [0.1, 0.15) is 0 Å². The molecule has 1 rings (SSSR count). The van der Waals surface area contributed by atoms with Crippen LogP contribution in [-0.4, -0.2) is 17.6 Å². The molecule has 0 saturated carbocycles. The second-order valence-electron chi connectivity index (χ2n) is 5.69. The van der Waals surface area contributed by atoms with Crippen molar-refractivity contribution in [3.05, 3.63) is 16.6 Å². The van der Waals surface area contributed by atoms with E-state index in [4.69, 9.17) is 0 Å². The maximum absolute atomic E-state index is 4.42. The van der Waals surface area contributed by atoms with E-state index in [2.05, 4.69) is 29.5 Å². The van der Waals surface area contributed by atoms with Crippen LogP contribution >= 0.6 is 11.3 Å². The highest BCUT2D eigenvalue weighted by atomic mass is 32.1. The minimum Gasteiger partial charge on any atom is -0.314 e. The third-order valence-corrected chi connectivity index (χ3v) is 4.55. The Bertz CT molecular complexity index is 298. The van der Waals surface area contributed by atoms with Gasteiger partial charge in [0.2, 0.25) is 0 Å². The third kappa shape index (κ3) is 8.70. The number of aromatic nitrogens is 1. The van der Waals surface area contributed by atoms with Gasteiger partial charge in [-0.2, -0.15) is 0 Å². The van der Waals surface area contributed by atoms with E-state index >= 15 is 0 Å². The van der Waals surface area contributed by atoms with Gasteiger partial charge < -0.3 is 5.32 Å². The topological polar surface area (TPSA) is 24.9 Å². The van der Waals surface area contributed by atoms with Crippen molar-refractivity contribution in [3.63, 3.8) is 0 Å². The molecular formula is C17H32N2S. The molecule has 0 spiro atoms. The first-order valence-electron chi connectivity index (χ1n) is 8.48. The highest BCUT2D eigenvalue weighted by Gasteiger charge is 2.10. The largest absolute Gasteiger partial charge is 0.314 e. The fourth-order valence-corrected chi connectivity index (χ4v) is 3.24. The molecule has 1 atom stereocenters. The highest BCUT2D eigenvalue weighted by Crippen LogP contribution is 2.14. The molecule has 1 aromatic rings. The van der Waals surface area contributed by atoms with Gasteiger partial charge in [-0.05, 0) is 19.4 Å². The lowest BCUT2D eigenvalue weighted by Crippen LogP contribution is -2.31. The van der Waals surface area contributed by atoms with Crippen LogP contribution in [0.2, 0.25) is 0 Å². The fraction of sp³-hybridized carbons (Fsp3) is 0.824. The summed E-state index contributed by atoms with van der Waals surface area (Å²) >= 11 is 1.79. The van der Waals surface area contributed by atoms with E-state index < -0.39 is 0 Å². The summed E-state index contributed by atoms with van der Waals surface area (Å²) in [6.45, 7) is 5.65. The molecule has 0 aliphatic heterocycles. The number of nitrogens with one attached hydrogen (secondary N) is 1. The highest BCUT2D eigenvalue weighted by molar-refractivity contribution is 7.09. The molecule has 0 aromatic carbocycles. The lowest BCUT2D eigenvalue weighted by Gasteiger charge is -2.17. The van der Waals surface area contributed by atoms with Crippen molar-refractivity contribution in [2.45, 2.75) is 84.1 Å². The van der Waals surface area contributed by atoms with Crippen LogP contribution in [0, 0.1) is 0 Å². The zero-order chi connectivity index (χ0) is 14.5. The summed E-state index contributed by atoms with van der Waals surface area (Å²) in [4.78, 5) is 4.42. The van der Waals surface area contributed by atoms with Crippen LogP contribution in [0.5, 0.6) is 0 Å². The van der Waals surface area contributed by atoms with Crippen LogP contribution < -0.4 is 5.32 Å². The molecule has 0 saturated heterocycles. The summed E-state index contributed by atoms with van der Waals surface area (Å²) < 4.78 is 0. The van der Waals surface area contributed by atoms with Crippen molar-refractivity contribution in [1.82, 2.24) is 10.3 Å². The van der Waals surface area contributed by atoms with Gasteiger partial charge in [0.25, 0.3) is 0 Å². The predicted molar refractivity (Wildman–Crippen MR) is 90.5 cm³/mol. The van der Waals surface area contributed by atoms with E-state index in [0.717, 1.165) is 13.0 Å². The van der Waals surface area contributed by atoms with Crippen LogP contribution in [-0.2, 0) is 6.42 Å². The molecule has 1 aromatic heterocycles. The second-order valence-corrected chi connectivity index (χ2v) is 6.67. The zero-order valence-electron chi connectivity index (χ0n) is 13.4. The van der Waals surface area contributed by atoms with Gasteiger partial charge >= 0.3 is 0 Å². The SMILES string of the molecule is CCCCCCCCCC(Cc1nccs1)NCCC. The molecule has 1 N–H and O–H groups in total. The zero-order valence-corrected chi connectivity index (χ0v) is 14.2. The van der Waals surface area contributed by atoms with Crippen LogP contribution in [0.3, 0.4) is 0 Å². The Kier molecular flexibility index (Phi) is 10.9. The summed E-state index contributed by atoms with van der Waals surface area (Å²) in [5, 5.41) is 7.05. The quantitative estimate of drug-likeness (QED) is 0.506. The molecule has 0 radical (unpaired) electrons. The molecular weight excluding hydrogens is 264 g/mol. The van der Waals surface area contributed by atoms with Crippen molar-refractivity contribution in [2.24, 2.45) is 0 Å². The standard InChI is InChI=1S/C17H32N2S/c1-3-5-6-7-8-9-10-11-16(18-12-4-2)15-17-19-13-14-20-17/h13-14,16,18H,3-12,15H2,1-2H3. The van der Waals surface area contributed by atoms with Gasteiger partial charge in [-0.3, -0.25) is 0 Å². The number of hydrogen-bond donors (Lipinski definition) is 1. The van der Waals surface area contributed by atoms with Crippen LogP contribution in [0.4, 0.5) is 0 Å². The average Bonchev–Trinajstić information content (AvgIpc) is 2.96. The molecule has 2 nitrogen and oxygen atoms in total. The van der Waals surface area contributed by atoms with Crippen molar-refractivity contribution >= 4 is 11.3 Å². The van der Waals surface area contributed by atoms with Gasteiger partial charge in [0, 0.05) is 24.0 Å². The van der Waals surface area contributed by atoms with Gasteiger partial charge in [-0.1, -0.05) is 58.8 Å². The molecule has 0 bridgehead atoms. The Hall–Kier alpha value is -0.410. The van der Waals surface area contributed by atoms with Crippen molar-refractivity contribution < 1.29 is 0 Å². The summed E-state index contributed by atoms with van der Waals surface area (Å²) in [7, 11) is 0. The summed E-state index contributed by atoms with van der Waals surface area (Å²) in [5.41, 5.74) is 0. The van der Waals surface area contributed by atoms with Crippen molar-refractivity contribution in [2.75, 3.05) is 6.54 Å². The minimum absolute atomic E-state index is 0.622. The molecule has 1 heterocycles. The van der Waals surface area contributed by atoms with E-state index in [0.29, 0.717) is 6.04 Å². The van der Waals surface area contributed by atoms with E-state index in [1.165, 1.54) is 62.8 Å². The Morgan fingerprint density at radius 3 is 2.45 bits per heavy atom. The van der Waals surface area contributed by atoms with Crippen molar-refractivity contribution in [1.29, 1.82) is 0 Å². The van der Waals surface area contributed by atoms with E-state index in [1.807, 2.05) is 6.20 Å². The van der Waals surface area contributed by atoms with Gasteiger partial charge in [-0.25, -0.2) is 4.98 Å². The normalized spacial score (nSPS) is 12.7. The Labute approximate surface area is 129 Å². The number of unbranched alkanes of at least 4 members (excludes halogenated alkanes) is 6. The molecule has 20 heavy (non-hydrogen) atoms. The summed E-state index contributed by atoms with van der Waals surface area (Å²) in [6.07, 6.45) is 15.3. The molecule has 0 amide bonds. The first-order valence-corrected chi connectivity index (χ1v) is 9.36. The van der Waals surface area contributed by atoms with Crippen molar-refractivity contribution in [3.8, 4) is 0 Å². The van der Waals surface area contributed by atoms with Crippen LogP contribution in [0.1, 0.15) is 76.6 Å².